The Morgan fingerprint density at radius 3 is 2.63 bits per heavy atom. The van der Waals surface area contributed by atoms with Crippen LogP contribution in [0.3, 0.4) is 0 Å². The quantitative estimate of drug-likeness (QED) is 0.925. The summed E-state index contributed by atoms with van der Waals surface area (Å²) in [6, 6.07) is 2.11. The molecule has 2 rings (SSSR count). The molecule has 1 unspecified atom stereocenters. The van der Waals surface area contributed by atoms with Crippen LogP contribution in [0.2, 0.25) is 0 Å². The first-order valence-corrected chi connectivity index (χ1v) is 6.03. The number of hydrogen-bond acceptors (Lipinski definition) is 4. The lowest BCUT2D eigenvalue weighted by Crippen LogP contribution is -2.15. The van der Waals surface area contributed by atoms with Crippen molar-refractivity contribution in [1.29, 1.82) is 0 Å². The third-order valence-electron chi connectivity index (χ3n) is 2.97. The standard InChI is InChI=1S/C13H15F2N3O/c1-4-11(16-3)13-18-17-12(19-13)8-5-7(2)9(14)6-10(8)15/h5-6,11,16H,4H2,1-3H3. The van der Waals surface area contributed by atoms with Crippen molar-refractivity contribution in [2.24, 2.45) is 0 Å². The van der Waals surface area contributed by atoms with E-state index in [0.717, 1.165) is 12.5 Å². The van der Waals surface area contributed by atoms with E-state index >= 15 is 0 Å². The van der Waals surface area contributed by atoms with Gasteiger partial charge in [0.2, 0.25) is 5.89 Å². The molecule has 0 bridgehead atoms. The van der Waals surface area contributed by atoms with E-state index in [1.54, 1.807) is 14.0 Å². The molecule has 1 aromatic carbocycles. The summed E-state index contributed by atoms with van der Waals surface area (Å²) >= 11 is 0. The number of nitrogens with one attached hydrogen (secondary N) is 1. The van der Waals surface area contributed by atoms with Crippen LogP contribution in [0.1, 0.15) is 30.8 Å². The minimum Gasteiger partial charge on any atom is -0.419 e. The Morgan fingerprint density at radius 2 is 2.00 bits per heavy atom. The SMILES string of the molecule is CCC(NC)c1nnc(-c2cc(C)c(F)cc2F)o1. The van der Waals surface area contributed by atoms with Crippen molar-refractivity contribution in [3.63, 3.8) is 0 Å². The van der Waals surface area contributed by atoms with Gasteiger partial charge in [0.05, 0.1) is 11.6 Å². The summed E-state index contributed by atoms with van der Waals surface area (Å²) in [4.78, 5) is 0. The number of benzene rings is 1. The van der Waals surface area contributed by atoms with E-state index < -0.39 is 11.6 Å². The first kappa shape index (κ1) is 13.6. The second-order valence-corrected chi connectivity index (χ2v) is 4.28. The van der Waals surface area contributed by atoms with Gasteiger partial charge in [0.1, 0.15) is 11.6 Å². The van der Waals surface area contributed by atoms with Crippen LogP contribution in [0.25, 0.3) is 11.5 Å². The van der Waals surface area contributed by atoms with Crippen LogP contribution in [-0.2, 0) is 0 Å². The van der Waals surface area contributed by atoms with Crippen molar-refractivity contribution in [3.8, 4) is 11.5 Å². The fourth-order valence-electron chi connectivity index (χ4n) is 1.81. The Balaban J connectivity index is 2.40. The topological polar surface area (TPSA) is 51.0 Å². The molecule has 1 N–H and O–H groups in total. The molecule has 0 saturated carbocycles. The Labute approximate surface area is 109 Å². The monoisotopic (exact) mass is 267 g/mol. The number of nitrogens with zero attached hydrogens (tertiary/aromatic N) is 2. The number of halogens is 2. The van der Waals surface area contributed by atoms with Crippen molar-refractivity contribution < 1.29 is 13.2 Å². The lowest BCUT2D eigenvalue weighted by molar-refractivity contribution is 0.414. The van der Waals surface area contributed by atoms with Crippen LogP contribution in [0, 0.1) is 18.6 Å². The minimum absolute atomic E-state index is 0.0595. The van der Waals surface area contributed by atoms with E-state index in [-0.39, 0.29) is 17.5 Å². The van der Waals surface area contributed by atoms with Gasteiger partial charge in [-0.3, -0.25) is 0 Å². The Morgan fingerprint density at radius 1 is 1.26 bits per heavy atom. The number of aryl methyl sites for hydroxylation is 1. The third-order valence-corrected chi connectivity index (χ3v) is 2.97. The second kappa shape index (κ2) is 5.44. The van der Waals surface area contributed by atoms with Gasteiger partial charge in [-0.15, -0.1) is 10.2 Å². The van der Waals surface area contributed by atoms with Crippen LogP contribution in [0.4, 0.5) is 8.78 Å². The molecule has 0 saturated heterocycles. The maximum Gasteiger partial charge on any atom is 0.250 e. The average Bonchev–Trinajstić information content (AvgIpc) is 2.85. The summed E-state index contributed by atoms with van der Waals surface area (Å²) in [7, 11) is 1.78. The predicted octanol–water partition coefficient (Wildman–Crippen LogP) is 2.99. The lowest BCUT2D eigenvalue weighted by Gasteiger charge is -2.07. The van der Waals surface area contributed by atoms with Crippen molar-refractivity contribution in [1.82, 2.24) is 15.5 Å². The zero-order chi connectivity index (χ0) is 14.0. The zero-order valence-electron chi connectivity index (χ0n) is 11.0. The zero-order valence-corrected chi connectivity index (χ0v) is 11.0. The highest BCUT2D eigenvalue weighted by Gasteiger charge is 2.19. The molecule has 4 nitrogen and oxygen atoms in total. The number of rotatable bonds is 4. The van der Waals surface area contributed by atoms with Gasteiger partial charge >= 0.3 is 0 Å². The van der Waals surface area contributed by atoms with Crippen LogP contribution < -0.4 is 5.32 Å². The van der Waals surface area contributed by atoms with Gasteiger partial charge < -0.3 is 9.73 Å². The molecule has 0 fully saturated rings. The maximum atomic E-state index is 13.7. The van der Waals surface area contributed by atoms with Crippen LogP contribution in [-0.4, -0.2) is 17.2 Å². The fourth-order valence-corrected chi connectivity index (χ4v) is 1.81. The highest BCUT2D eigenvalue weighted by atomic mass is 19.1. The molecule has 0 amide bonds. The van der Waals surface area contributed by atoms with E-state index in [2.05, 4.69) is 15.5 Å². The van der Waals surface area contributed by atoms with Crippen LogP contribution in [0.15, 0.2) is 16.5 Å². The summed E-state index contributed by atoms with van der Waals surface area (Å²) in [6.07, 6.45) is 0.767. The van der Waals surface area contributed by atoms with E-state index in [0.29, 0.717) is 11.5 Å². The molecule has 6 heteroatoms. The van der Waals surface area contributed by atoms with Gasteiger partial charge in [-0.2, -0.15) is 0 Å². The van der Waals surface area contributed by atoms with Gasteiger partial charge in [-0.25, -0.2) is 8.78 Å². The van der Waals surface area contributed by atoms with Gasteiger partial charge in [-0.1, -0.05) is 6.92 Å². The molecule has 0 aliphatic heterocycles. The molecule has 1 aromatic heterocycles. The second-order valence-electron chi connectivity index (χ2n) is 4.28. The van der Waals surface area contributed by atoms with Crippen molar-refractivity contribution in [2.75, 3.05) is 7.05 Å². The van der Waals surface area contributed by atoms with E-state index in [9.17, 15) is 8.78 Å². The molecule has 0 radical (unpaired) electrons. The van der Waals surface area contributed by atoms with Gasteiger partial charge in [0.15, 0.2) is 0 Å². The molecule has 0 aliphatic carbocycles. The maximum absolute atomic E-state index is 13.7. The first-order valence-electron chi connectivity index (χ1n) is 6.03. The summed E-state index contributed by atoms with van der Waals surface area (Å²) < 4.78 is 32.4. The summed E-state index contributed by atoms with van der Waals surface area (Å²) in [5.41, 5.74) is 0.445. The Hall–Kier alpha value is -1.82. The number of aromatic nitrogens is 2. The lowest BCUT2D eigenvalue weighted by atomic mass is 10.1. The van der Waals surface area contributed by atoms with Crippen LogP contribution in [0.5, 0.6) is 0 Å². The van der Waals surface area contributed by atoms with Crippen molar-refractivity contribution in [2.45, 2.75) is 26.3 Å². The molecule has 1 heterocycles. The Kier molecular flexibility index (Phi) is 3.90. The minimum atomic E-state index is -0.712. The van der Waals surface area contributed by atoms with E-state index in [1.165, 1.54) is 6.07 Å². The van der Waals surface area contributed by atoms with Crippen molar-refractivity contribution in [3.05, 3.63) is 35.2 Å². The first-order chi connectivity index (χ1) is 9.06. The van der Waals surface area contributed by atoms with Gasteiger partial charge in [0, 0.05) is 6.07 Å². The molecule has 102 valence electrons. The molecule has 1 atom stereocenters. The predicted molar refractivity (Wildman–Crippen MR) is 66.5 cm³/mol. The summed E-state index contributed by atoms with van der Waals surface area (Å²) in [5, 5.41) is 10.7. The molecular weight excluding hydrogens is 252 g/mol. The van der Waals surface area contributed by atoms with E-state index in [1.807, 2.05) is 6.92 Å². The molecule has 2 aromatic rings. The number of hydrogen-bond donors (Lipinski definition) is 1. The van der Waals surface area contributed by atoms with Crippen LogP contribution >= 0.6 is 0 Å². The largest absolute Gasteiger partial charge is 0.419 e. The Bertz CT molecular complexity index is 579. The smallest absolute Gasteiger partial charge is 0.250 e. The molecular formula is C13H15F2N3O. The average molecular weight is 267 g/mol. The fraction of sp³-hybridized carbons (Fsp3) is 0.385. The van der Waals surface area contributed by atoms with Gasteiger partial charge in [0.25, 0.3) is 5.89 Å². The molecule has 0 aliphatic rings. The normalized spacial score (nSPS) is 12.7. The summed E-state index contributed by atoms with van der Waals surface area (Å²) in [5.74, 6) is -0.857. The molecule has 19 heavy (non-hydrogen) atoms. The van der Waals surface area contributed by atoms with E-state index in [4.69, 9.17) is 4.42 Å². The highest BCUT2D eigenvalue weighted by Crippen LogP contribution is 2.26. The highest BCUT2D eigenvalue weighted by molar-refractivity contribution is 5.55. The van der Waals surface area contributed by atoms with Crippen molar-refractivity contribution >= 4 is 0 Å². The summed E-state index contributed by atoms with van der Waals surface area (Å²) in [6.45, 7) is 3.52. The molecule has 0 spiro atoms. The van der Waals surface area contributed by atoms with Gasteiger partial charge in [-0.05, 0) is 32.0 Å². The third kappa shape index (κ3) is 2.63.